The summed E-state index contributed by atoms with van der Waals surface area (Å²) in [5.41, 5.74) is 0.701. The quantitative estimate of drug-likeness (QED) is 0.941. The van der Waals surface area contributed by atoms with Crippen molar-refractivity contribution in [1.82, 2.24) is 15.5 Å². The minimum Gasteiger partial charge on any atom is -0.346 e. The Morgan fingerprint density at radius 3 is 2.60 bits per heavy atom. The molecule has 0 atom stereocenters. The number of benzene rings is 1. The maximum Gasteiger partial charge on any atom is 0.315 e. The fourth-order valence-electron chi connectivity index (χ4n) is 1.60. The van der Waals surface area contributed by atoms with E-state index in [2.05, 4.69) is 15.5 Å². The monoisotopic (exact) mass is 313 g/mol. The summed E-state index contributed by atoms with van der Waals surface area (Å²) in [6.07, 6.45) is 0.303. The van der Waals surface area contributed by atoms with Gasteiger partial charge in [-0.25, -0.2) is 0 Å². The SMILES string of the molecule is CC(C)NC(=O)c1nc(Cc2c(Cl)cccc2Cl)no1. The van der Waals surface area contributed by atoms with Gasteiger partial charge in [-0.15, -0.1) is 0 Å². The Balaban J connectivity index is 2.16. The summed E-state index contributed by atoms with van der Waals surface area (Å²) in [5, 5.41) is 7.48. The van der Waals surface area contributed by atoms with E-state index < -0.39 is 5.91 Å². The van der Waals surface area contributed by atoms with Crippen molar-refractivity contribution in [2.24, 2.45) is 0 Å². The number of halogens is 2. The maximum atomic E-state index is 11.7. The number of rotatable bonds is 4. The summed E-state index contributed by atoms with van der Waals surface area (Å²) in [6.45, 7) is 3.69. The van der Waals surface area contributed by atoms with E-state index in [4.69, 9.17) is 27.7 Å². The Bertz CT molecular complexity index is 606. The topological polar surface area (TPSA) is 68.0 Å². The second-order valence-electron chi connectivity index (χ2n) is 4.52. The molecule has 1 aromatic carbocycles. The average molecular weight is 314 g/mol. The van der Waals surface area contributed by atoms with Crippen molar-refractivity contribution >= 4 is 29.1 Å². The second-order valence-corrected chi connectivity index (χ2v) is 5.34. The van der Waals surface area contributed by atoms with Gasteiger partial charge in [0.25, 0.3) is 0 Å². The number of nitrogens with zero attached hydrogens (tertiary/aromatic N) is 2. The Morgan fingerprint density at radius 1 is 1.35 bits per heavy atom. The molecule has 0 aliphatic carbocycles. The molecule has 1 heterocycles. The van der Waals surface area contributed by atoms with Crippen LogP contribution >= 0.6 is 23.2 Å². The molecule has 2 rings (SSSR count). The summed E-state index contributed by atoms with van der Waals surface area (Å²) < 4.78 is 4.92. The van der Waals surface area contributed by atoms with Crippen LogP contribution in [0, 0.1) is 0 Å². The molecule has 0 aliphatic heterocycles. The van der Waals surface area contributed by atoms with Crippen LogP contribution in [0.15, 0.2) is 22.7 Å². The Labute approximate surface area is 126 Å². The molecule has 20 heavy (non-hydrogen) atoms. The van der Waals surface area contributed by atoms with Crippen molar-refractivity contribution in [3.05, 3.63) is 45.5 Å². The molecule has 1 amide bonds. The van der Waals surface area contributed by atoms with Gasteiger partial charge in [0.2, 0.25) is 0 Å². The van der Waals surface area contributed by atoms with Crippen molar-refractivity contribution in [3.8, 4) is 0 Å². The first-order valence-electron chi connectivity index (χ1n) is 6.03. The highest BCUT2D eigenvalue weighted by atomic mass is 35.5. The van der Waals surface area contributed by atoms with Crippen molar-refractivity contribution < 1.29 is 9.32 Å². The first-order chi connectivity index (χ1) is 9.47. The lowest BCUT2D eigenvalue weighted by Gasteiger charge is -2.04. The van der Waals surface area contributed by atoms with E-state index in [1.165, 1.54) is 0 Å². The zero-order chi connectivity index (χ0) is 14.7. The standard InChI is InChI=1S/C13H13Cl2N3O2/c1-7(2)16-12(19)13-17-11(18-20-13)6-8-9(14)4-3-5-10(8)15/h3-5,7H,6H2,1-2H3,(H,16,19). The Hall–Kier alpha value is -1.59. The predicted octanol–water partition coefficient (Wildman–Crippen LogP) is 3.11. The van der Waals surface area contributed by atoms with Gasteiger partial charge in [-0.3, -0.25) is 4.79 Å². The first-order valence-corrected chi connectivity index (χ1v) is 6.79. The number of carbonyl (C=O) groups excluding carboxylic acids is 1. The van der Waals surface area contributed by atoms with Crippen LogP contribution in [0.1, 0.15) is 35.9 Å². The van der Waals surface area contributed by atoms with E-state index in [-0.39, 0.29) is 11.9 Å². The lowest BCUT2D eigenvalue weighted by Crippen LogP contribution is -2.30. The molecule has 0 aliphatic rings. The molecule has 0 saturated carbocycles. The van der Waals surface area contributed by atoms with Gasteiger partial charge in [-0.2, -0.15) is 4.98 Å². The molecule has 0 fully saturated rings. The van der Waals surface area contributed by atoms with E-state index in [0.717, 1.165) is 0 Å². The third kappa shape index (κ3) is 3.49. The highest BCUT2D eigenvalue weighted by molar-refractivity contribution is 6.36. The molecule has 0 spiro atoms. The van der Waals surface area contributed by atoms with E-state index in [0.29, 0.717) is 27.9 Å². The number of nitrogens with one attached hydrogen (secondary N) is 1. The molecule has 0 unspecified atom stereocenters. The van der Waals surface area contributed by atoms with Gasteiger partial charge in [-0.1, -0.05) is 34.4 Å². The van der Waals surface area contributed by atoms with Gasteiger partial charge < -0.3 is 9.84 Å². The lowest BCUT2D eigenvalue weighted by atomic mass is 10.1. The largest absolute Gasteiger partial charge is 0.346 e. The molecule has 0 saturated heterocycles. The molecule has 5 nitrogen and oxygen atoms in total. The zero-order valence-electron chi connectivity index (χ0n) is 11.0. The summed E-state index contributed by atoms with van der Waals surface area (Å²) >= 11 is 12.1. The Morgan fingerprint density at radius 2 is 2.00 bits per heavy atom. The van der Waals surface area contributed by atoms with Crippen LogP contribution in [-0.2, 0) is 6.42 Å². The summed E-state index contributed by atoms with van der Waals surface area (Å²) in [7, 11) is 0. The normalized spacial score (nSPS) is 10.8. The van der Waals surface area contributed by atoms with Crippen molar-refractivity contribution in [2.45, 2.75) is 26.3 Å². The predicted molar refractivity (Wildman–Crippen MR) is 76.2 cm³/mol. The average Bonchev–Trinajstić information content (AvgIpc) is 2.82. The summed E-state index contributed by atoms with van der Waals surface area (Å²) in [4.78, 5) is 15.7. The number of hydrogen-bond acceptors (Lipinski definition) is 4. The number of hydrogen-bond donors (Lipinski definition) is 1. The van der Waals surface area contributed by atoms with E-state index in [1.807, 2.05) is 13.8 Å². The molecule has 0 bridgehead atoms. The fraction of sp³-hybridized carbons (Fsp3) is 0.308. The third-order valence-electron chi connectivity index (χ3n) is 2.48. The third-order valence-corrected chi connectivity index (χ3v) is 3.19. The van der Waals surface area contributed by atoms with Crippen molar-refractivity contribution in [1.29, 1.82) is 0 Å². The van der Waals surface area contributed by atoms with E-state index >= 15 is 0 Å². The summed E-state index contributed by atoms with van der Waals surface area (Å²) in [6, 6.07) is 5.21. The lowest BCUT2D eigenvalue weighted by molar-refractivity contribution is 0.0899. The van der Waals surface area contributed by atoms with Gasteiger partial charge in [0.05, 0.1) is 0 Å². The van der Waals surface area contributed by atoms with Crippen LogP contribution in [-0.4, -0.2) is 22.1 Å². The van der Waals surface area contributed by atoms with Gasteiger partial charge >= 0.3 is 11.8 Å². The highest BCUT2D eigenvalue weighted by Gasteiger charge is 2.17. The van der Waals surface area contributed by atoms with Gasteiger partial charge in [0, 0.05) is 22.5 Å². The van der Waals surface area contributed by atoms with Gasteiger partial charge in [0.15, 0.2) is 5.82 Å². The van der Waals surface area contributed by atoms with Crippen molar-refractivity contribution in [3.63, 3.8) is 0 Å². The second kappa shape index (κ2) is 6.24. The van der Waals surface area contributed by atoms with Crippen LogP contribution in [0.2, 0.25) is 10.0 Å². The molecule has 1 N–H and O–H groups in total. The summed E-state index contributed by atoms with van der Waals surface area (Å²) in [5.74, 6) is -0.116. The Kier molecular flexibility index (Phi) is 4.62. The maximum absolute atomic E-state index is 11.7. The molecule has 1 aromatic heterocycles. The van der Waals surface area contributed by atoms with E-state index in [9.17, 15) is 4.79 Å². The van der Waals surface area contributed by atoms with Crippen LogP contribution in [0.4, 0.5) is 0 Å². The molecular formula is C13H13Cl2N3O2. The van der Waals surface area contributed by atoms with Crippen LogP contribution < -0.4 is 5.32 Å². The number of carbonyl (C=O) groups is 1. The molecular weight excluding hydrogens is 301 g/mol. The molecule has 106 valence electrons. The van der Waals surface area contributed by atoms with Gasteiger partial charge in [-0.05, 0) is 31.5 Å². The molecule has 7 heteroatoms. The zero-order valence-corrected chi connectivity index (χ0v) is 12.5. The van der Waals surface area contributed by atoms with Crippen molar-refractivity contribution in [2.75, 3.05) is 0 Å². The number of amides is 1. The fourth-order valence-corrected chi connectivity index (χ4v) is 2.13. The van der Waals surface area contributed by atoms with Gasteiger partial charge in [0.1, 0.15) is 0 Å². The molecule has 0 radical (unpaired) electrons. The minimum atomic E-state index is -0.399. The molecule has 2 aromatic rings. The minimum absolute atomic E-state index is 0.00383. The smallest absolute Gasteiger partial charge is 0.315 e. The highest BCUT2D eigenvalue weighted by Crippen LogP contribution is 2.26. The van der Waals surface area contributed by atoms with E-state index in [1.54, 1.807) is 18.2 Å². The van der Waals surface area contributed by atoms with Crippen LogP contribution in [0.5, 0.6) is 0 Å². The number of aromatic nitrogens is 2. The van der Waals surface area contributed by atoms with Crippen LogP contribution in [0.25, 0.3) is 0 Å². The first kappa shape index (κ1) is 14.8. The van der Waals surface area contributed by atoms with Crippen LogP contribution in [0.3, 0.4) is 0 Å².